The van der Waals surface area contributed by atoms with Crippen molar-refractivity contribution in [1.29, 1.82) is 0 Å². The van der Waals surface area contributed by atoms with Crippen LogP contribution in [0, 0.1) is 6.92 Å². The molecule has 0 bridgehead atoms. The van der Waals surface area contributed by atoms with Crippen molar-refractivity contribution < 1.29 is 4.74 Å². The van der Waals surface area contributed by atoms with Crippen molar-refractivity contribution in [3.8, 4) is 28.0 Å². The van der Waals surface area contributed by atoms with Gasteiger partial charge in [0.2, 0.25) is 0 Å². The van der Waals surface area contributed by atoms with Crippen molar-refractivity contribution in [1.82, 2.24) is 0 Å². The molecule has 0 spiro atoms. The number of ether oxygens (including phenoxy) is 1. The van der Waals surface area contributed by atoms with Crippen LogP contribution in [0.1, 0.15) is 18.1 Å². The van der Waals surface area contributed by atoms with E-state index in [1.807, 2.05) is 6.07 Å². The number of methoxy groups -OCH3 is 1. The minimum absolute atomic E-state index is 0.948. The molecular weight excluding hydrogens is 280 g/mol. The van der Waals surface area contributed by atoms with Crippen LogP contribution in [0.5, 0.6) is 5.75 Å². The fraction of sp³-hybridized carbons (Fsp3) is 0.182. The number of hydrogen-bond donors (Lipinski definition) is 0. The predicted molar refractivity (Wildman–Crippen MR) is 98.0 cm³/mol. The van der Waals surface area contributed by atoms with Gasteiger partial charge >= 0.3 is 0 Å². The van der Waals surface area contributed by atoms with E-state index in [2.05, 4.69) is 74.5 Å². The summed E-state index contributed by atoms with van der Waals surface area (Å²) < 4.78 is 5.79. The lowest BCUT2D eigenvalue weighted by Gasteiger charge is -2.20. The molecule has 116 valence electrons. The van der Waals surface area contributed by atoms with Crippen LogP contribution in [0.2, 0.25) is 0 Å². The molecule has 0 aliphatic rings. The zero-order valence-electron chi connectivity index (χ0n) is 14.0. The van der Waals surface area contributed by atoms with E-state index in [4.69, 9.17) is 4.74 Å². The maximum absolute atomic E-state index is 5.79. The Hall–Kier alpha value is -2.54. The van der Waals surface area contributed by atoms with E-state index in [1.165, 1.54) is 33.4 Å². The van der Waals surface area contributed by atoms with Crippen LogP contribution >= 0.6 is 0 Å². The molecule has 23 heavy (non-hydrogen) atoms. The third-order valence-corrected chi connectivity index (χ3v) is 4.35. The molecule has 0 unspecified atom stereocenters. The first kappa shape index (κ1) is 15.4. The number of benzene rings is 3. The molecule has 0 N–H and O–H groups in total. The normalized spacial score (nSPS) is 10.6. The molecule has 0 aliphatic carbocycles. The predicted octanol–water partition coefficient (Wildman–Crippen LogP) is 5.90. The fourth-order valence-corrected chi connectivity index (χ4v) is 3.18. The Kier molecular flexibility index (Phi) is 4.47. The van der Waals surface area contributed by atoms with Crippen molar-refractivity contribution >= 4 is 0 Å². The van der Waals surface area contributed by atoms with Gasteiger partial charge in [-0.25, -0.2) is 0 Å². The lowest BCUT2D eigenvalue weighted by molar-refractivity contribution is 0.411. The Labute approximate surface area is 138 Å². The summed E-state index contributed by atoms with van der Waals surface area (Å²) in [6.45, 7) is 4.36. The summed E-state index contributed by atoms with van der Waals surface area (Å²) in [6, 6.07) is 23.4. The highest BCUT2D eigenvalue weighted by atomic mass is 16.5. The van der Waals surface area contributed by atoms with Gasteiger partial charge in [-0.15, -0.1) is 0 Å². The van der Waals surface area contributed by atoms with Crippen LogP contribution < -0.4 is 4.74 Å². The average molecular weight is 302 g/mol. The Morgan fingerprint density at radius 2 is 1.39 bits per heavy atom. The molecule has 0 atom stereocenters. The standard InChI is InChI=1S/C22H22O/c1-4-17-15-20(18-11-7-5-8-12-18)16(2)21(22(17)23-3)19-13-9-6-10-14-19/h5-15H,4H2,1-3H3. The summed E-state index contributed by atoms with van der Waals surface area (Å²) in [6.07, 6.45) is 0.948. The molecule has 0 aliphatic heterocycles. The zero-order chi connectivity index (χ0) is 16.2. The molecular formula is C22H22O. The zero-order valence-corrected chi connectivity index (χ0v) is 14.0. The van der Waals surface area contributed by atoms with Gasteiger partial charge in [-0.05, 0) is 47.2 Å². The molecule has 0 saturated heterocycles. The monoisotopic (exact) mass is 302 g/mol. The smallest absolute Gasteiger partial charge is 0.130 e. The number of aryl methyl sites for hydroxylation is 1. The Balaban J connectivity index is 2.33. The largest absolute Gasteiger partial charge is 0.496 e. The van der Waals surface area contributed by atoms with Crippen molar-refractivity contribution in [2.24, 2.45) is 0 Å². The third kappa shape index (κ3) is 2.87. The van der Waals surface area contributed by atoms with E-state index in [0.717, 1.165) is 12.2 Å². The topological polar surface area (TPSA) is 9.23 Å². The van der Waals surface area contributed by atoms with Gasteiger partial charge in [0.05, 0.1) is 7.11 Å². The molecule has 0 amide bonds. The molecule has 1 heteroatoms. The first-order valence-corrected chi connectivity index (χ1v) is 8.07. The van der Waals surface area contributed by atoms with E-state index >= 15 is 0 Å². The van der Waals surface area contributed by atoms with Crippen LogP contribution in [-0.2, 0) is 6.42 Å². The third-order valence-electron chi connectivity index (χ3n) is 4.35. The molecule has 3 aromatic rings. The van der Waals surface area contributed by atoms with Crippen LogP contribution in [-0.4, -0.2) is 7.11 Å². The second-order valence-corrected chi connectivity index (χ2v) is 5.70. The Morgan fingerprint density at radius 1 is 0.826 bits per heavy atom. The minimum Gasteiger partial charge on any atom is -0.496 e. The first-order valence-electron chi connectivity index (χ1n) is 8.07. The molecule has 0 aromatic heterocycles. The maximum atomic E-state index is 5.79. The van der Waals surface area contributed by atoms with E-state index in [-0.39, 0.29) is 0 Å². The summed E-state index contributed by atoms with van der Waals surface area (Å²) in [5, 5.41) is 0. The maximum Gasteiger partial charge on any atom is 0.130 e. The molecule has 0 fully saturated rings. The van der Waals surface area contributed by atoms with E-state index in [0.29, 0.717) is 0 Å². The lowest BCUT2D eigenvalue weighted by atomic mass is 9.88. The Bertz CT molecular complexity index is 789. The van der Waals surface area contributed by atoms with Crippen LogP contribution in [0.4, 0.5) is 0 Å². The van der Waals surface area contributed by atoms with E-state index < -0.39 is 0 Å². The number of hydrogen-bond acceptors (Lipinski definition) is 1. The number of rotatable bonds is 4. The first-order chi connectivity index (χ1) is 11.3. The fourth-order valence-electron chi connectivity index (χ4n) is 3.18. The van der Waals surface area contributed by atoms with E-state index in [1.54, 1.807) is 7.11 Å². The molecule has 0 saturated carbocycles. The SMILES string of the molecule is CCc1cc(-c2ccccc2)c(C)c(-c2ccccc2)c1OC. The van der Waals surface area contributed by atoms with Gasteiger partial charge in [-0.2, -0.15) is 0 Å². The summed E-state index contributed by atoms with van der Waals surface area (Å²) >= 11 is 0. The Morgan fingerprint density at radius 3 is 1.91 bits per heavy atom. The highest BCUT2D eigenvalue weighted by molar-refractivity contribution is 5.84. The quantitative estimate of drug-likeness (QED) is 0.583. The van der Waals surface area contributed by atoms with Gasteiger partial charge < -0.3 is 4.74 Å². The lowest BCUT2D eigenvalue weighted by Crippen LogP contribution is -1.99. The van der Waals surface area contributed by atoms with Crippen molar-refractivity contribution in [3.05, 3.63) is 77.9 Å². The van der Waals surface area contributed by atoms with Crippen molar-refractivity contribution in [2.45, 2.75) is 20.3 Å². The van der Waals surface area contributed by atoms with Crippen molar-refractivity contribution in [3.63, 3.8) is 0 Å². The van der Waals surface area contributed by atoms with Gasteiger partial charge in [0.25, 0.3) is 0 Å². The highest BCUT2D eigenvalue weighted by Crippen LogP contribution is 2.41. The second kappa shape index (κ2) is 6.70. The summed E-state index contributed by atoms with van der Waals surface area (Å²) in [7, 11) is 1.77. The van der Waals surface area contributed by atoms with Gasteiger partial charge in [0.1, 0.15) is 5.75 Å². The second-order valence-electron chi connectivity index (χ2n) is 5.70. The minimum atomic E-state index is 0.948. The van der Waals surface area contributed by atoms with Gasteiger partial charge in [0, 0.05) is 5.56 Å². The summed E-state index contributed by atoms with van der Waals surface area (Å²) in [4.78, 5) is 0. The summed E-state index contributed by atoms with van der Waals surface area (Å²) in [5.74, 6) is 0.996. The van der Waals surface area contributed by atoms with Crippen LogP contribution in [0.15, 0.2) is 66.7 Å². The molecule has 0 heterocycles. The van der Waals surface area contributed by atoms with Gasteiger partial charge in [-0.3, -0.25) is 0 Å². The van der Waals surface area contributed by atoms with Crippen molar-refractivity contribution in [2.75, 3.05) is 7.11 Å². The summed E-state index contributed by atoms with van der Waals surface area (Å²) in [5.41, 5.74) is 7.44. The average Bonchev–Trinajstić information content (AvgIpc) is 2.62. The molecule has 0 radical (unpaired) electrons. The highest BCUT2D eigenvalue weighted by Gasteiger charge is 2.17. The molecule has 3 rings (SSSR count). The van der Waals surface area contributed by atoms with Gasteiger partial charge in [-0.1, -0.05) is 67.6 Å². The van der Waals surface area contributed by atoms with Crippen LogP contribution in [0.25, 0.3) is 22.3 Å². The molecule has 1 nitrogen and oxygen atoms in total. The van der Waals surface area contributed by atoms with Gasteiger partial charge in [0.15, 0.2) is 0 Å². The molecule has 3 aromatic carbocycles. The van der Waals surface area contributed by atoms with Crippen LogP contribution in [0.3, 0.4) is 0 Å². The van der Waals surface area contributed by atoms with E-state index in [9.17, 15) is 0 Å².